The molecule has 0 fully saturated rings. The van der Waals surface area contributed by atoms with Gasteiger partial charge >= 0.3 is 0 Å². The third-order valence-corrected chi connectivity index (χ3v) is 0. The van der Waals surface area contributed by atoms with Crippen LogP contribution >= 0.6 is 0 Å². The maximum absolute atomic E-state index is 7.57. The van der Waals surface area contributed by atoms with E-state index >= 15 is 0 Å². The minimum atomic E-state index is 0. The average molecular weight is 211 g/mol. The van der Waals surface area contributed by atoms with Crippen molar-refractivity contribution in [2.75, 3.05) is 26.4 Å². The van der Waals surface area contributed by atoms with E-state index in [0.29, 0.717) is 0 Å². The summed E-state index contributed by atoms with van der Waals surface area (Å²) in [5.41, 5.74) is 0. The van der Waals surface area contributed by atoms with Gasteiger partial charge in [0.05, 0.1) is 0 Å². The van der Waals surface area contributed by atoms with Gasteiger partial charge in [-0.2, -0.15) is 0 Å². The lowest BCUT2D eigenvalue weighted by atomic mass is 10.9. The molecular formula is C8H24AlO4. The first-order chi connectivity index (χ1) is 5.66. The molecule has 0 aromatic carbocycles. The Hall–Kier alpha value is 0.372. The highest BCUT2D eigenvalue weighted by molar-refractivity contribution is 5.75. The summed E-state index contributed by atoms with van der Waals surface area (Å²) >= 11 is 0. The molecule has 0 spiro atoms. The highest BCUT2D eigenvalue weighted by Crippen LogP contribution is 1.30. The fourth-order valence-corrected chi connectivity index (χ4v) is 0. The fraction of sp³-hybridized carbons (Fsp3) is 1.00. The van der Waals surface area contributed by atoms with Crippen LogP contribution in [-0.2, 0) is 0 Å². The fourth-order valence-electron chi connectivity index (χ4n) is 0. The van der Waals surface area contributed by atoms with Crippen LogP contribution < -0.4 is 0 Å². The van der Waals surface area contributed by atoms with Crippen LogP contribution in [0.1, 0.15) is 27.7 Å². The monoisotopic (exact) mass is 211 g/mol. The van der Waals surface area contributed by atoms with Gasteiger partial charge in [0.1, 0.15) is 0 Å². The average Bonchev–Trinajstić information content (AvgIpc) is 1.92. The Morgan fingerprint density at radius 3 is 0.538 bits per heavy atom. The first-order valence-electron chi connectivity index (χ1n) is 4.09. The maximum Gasteiger partial charge on any atom is 0.0402 e. The first kappa shape index (κ1) is 29.2. The summed E-state index contributed by atoms with van der Waals surface area (Å²) in [7, 11) is 0. The zero-order valence-corrected chi connectivity index (χ0v) is 10.3. The summed E-state index contributed by atoms with van der Waals surface area (Å²) in [6.07, 6.45) is 0. The number of aliphatic hydroxyl groups is 4. The van der Waals surface area contributed by atoms with E-state index in [0.717, 1.165) is 0 Å². The summed E-state index contributed by atoms with van der Waals surface area (Å²) in [6.45, 7) is 7.72. The van der Waals surface area contributed by atoms with Gasteiger partial charge in [-0.25, -0.2) is 0 Å². The number of rotatable bonds is 0. The largest absolute Gasteiger partial charge is 0.397 e. The van der Waals surface area contributed by atoms with Gasteiger partial charge in [-0.1, -0.05) is 0 Å². The molecule has 0 aliphatic carbocycles. The van der Waals surface area contributed by atoms with Crippen LogP contribution in [0, 0.1) is 0 Å². The van der Waals surface area contributed by atoms with E-state index in [4.69, 9.17) is 20.4 Å². The summed E-state index contributed by atoms with van der Waals surface area (Å²) in [4.78, 5) is 0. The molecule has 0 atom stereocenters. The molecule has 0 saturated heterocycles. The van der Waals surface area contributed by atoms with E-state index in [-0.39, 0.29) is 43.8 Å². The Kier molecular flexibility index (Phi) is 188. The van der Waals surface area contributed by atoms with Gasteiger partial charge in [-0.15, -0.1) is 0 Å². The molecular weight excluding hydrogens is 187 g/mol. The number of aliphatic hydroxyl groups excluding tert-OH is 4. The van der Waals surface area contributed by atoms with Gasteiger partial charge in [0.15, 0.2) is 0 Å². The molecule has 0 rings (SSSR count). The van der Waals surface area contributed by atoms with Crippen molar-refractivity contribution in [1.82, 2.24) is 0 Å². The van der Waals surface area contributed by atoms with E-state index in [1.54, 1.807) is 27.7 Å². The zero-order valence-electron chi connectivity index (χ0n) is 9.19. The molecule has 0 unspecified atom stereocenters. The lowest BCUT2D eigenvalue weighted by Gasteiger charge is -1.52. The van der Waals surface area contributed by atoms with Crippen molar-refractivity contribution in [2.24, 2.45) is 0 Å². The Labute approximate surface area is 92.4 Å². The molecule has 4 nitrogen and oxygen atoms in total. The van der Waals surface area contributed by atoms with Crippen LogP contribution in [0.5, 0.6) is 0 Å². The highest BCUT2D eigenvalue weighted by Gasteiger charge is 1.35. The van der Waals surface area contributed by atoms with Crippen molar-refractivity contribution in [1.29, 1.82) is 0 Å². The van der Waals surface area contributed by atoms with Crippen molar-refractivity contribution in [3.8, 4) is 0 Å². The van der Waals surface area contributed by atoms with Gasteiger partial charge in [-0.3, -0.25) is 0 Å². The first-order valence-corrected chi connectivity index (χ1v) is 4.09. The maximum atomic E-state index is 7.57. The molecule has 0 bridgehead atoms. The molecule has 0 saturated carbocycles. The number of hydrogen-bond acceptors (Lipinski definition) is 4. The van der Waals surface area contributed by atoms with E-state index in [1.165, 1.54) is 0 Å². The SMILES string of the molecule is CCO.CCO.CCO.CCO.[Al]. The van der Waals surface area contributed by atoms with Gasteiger partial charge in [-0.05, 0) is 27.7 Å². The second kappa shape index (κ2) is 83.7. The van der Waals surface area contributed by atoms with E-state index in [9.17, 15) is 0 Å². The molecule has 0 amide bonds. The molecule has 4 N–H and O–H groups in total. The second-order valence-corrected chi connectivity index (χ2v) is 1.26. The van der Waals surface area contributed by atoms with Crippen molar-refractivity contribution in [3.05, 3.63) is 0 Å². The van der Waals surface area contributed by atoms with Crippen molar-refractivity contribution >= 4 is 17.4 Å². The minimum absolute atomic E-state index is 0. The van der Waals surface area contributed by atoms with Gasteiger partial charge < -0.3 is 20.4 Å². The quantitative estimate of drug-likeness (QED) is 0.411. The van der Waals surface area contributed by atoms with E-state index < -0.39 is 0 Å². The topological polar surface area (TPSA) is 80.9 Å². The lowest BCUT2D eigenvalue weighted by Crippen LogP contribution is -1.57. The van der Waals surface area contributed by atoms with Crippen molar-refractivity contribution < 1.29 is 20.4 Å². The third-order valence-electron chi connectivity index (χ3n) is 0. The predicted molar refractivity (Wildman–Crippen MR) is 56.8 cm³/mol. The molecule has 0 aromatic heterocycles. The summed E-state index contributed by atoms with van der Waals surface area (Å²) in [5, 5.41) is 30.3. The molecule has 0 aromatic rings. The van der Waals surface area contributed by atoms with Crippen LogP contribution in [0.15, 0.2) is 0 Å². The predicted octanol–water partition coefficient (Wildman–Crippen LogP) is -0.386. The van der Waals surface area contributed by atoms with E-state index in [2.05, 4.69) is 0 Å². The standard InChI is InChI=1S/4C2H6O.Al/c4*1-2-3;/h4*3H,2H2,1H3;. The zero-order chi connectivity index (χ0) is 10.8. The van der Waals surface area contributed by atoms with Crippen molar-refractivity contribution in [3.63, 3.8) is 0 Å². The molecule has 13 heavy (non-hydrogen) atoms. The summed E-state index contributed by atoms with van der Waals surface area (Å²) < 4.78 is 0. The Bertz CT molecular complexity index is 24.1. The van der Waals surface area contributed by atoms with Crippen LogP contribution in [0.4, 0.5) is 0 Å². The molecule has 5 heteroatoms. The van der Waals surface area contributed by atoms with Crippen LogP contribution in [-0.4, -0.2) is 64.2 Å². The highest BCUT2D eigenvalue weighted by atomic mass is 27.0. The third kappa shape index (κ3) is 9590. The summed E-state index contributed by atoms with van der Waals surface area (Å²) in [6, 6.07) is 0. The van der Waals surface area contributed by atoms with Gasteiger partial charge in [0.25, 0.3) is 0 Å². The minimum Gasteiger partial charge on any atom is -0.397 e. The van der Waals surface area contributed by atoms with Crippen molar-refractivity contribution in [2.45, 2.75) is 27.7 Å². The molecule has 0 heterocycles. The van der Waals surface area contributed by atoms with Crippen LogP contribution in [0.3, 0.4) is 0 Å². The normalized spacial score (nSPS) is 5.54. The molecule has 0 aliphatic rings. The second-order valence-electron chi connectivity index (χ2n) is 1.26. The molecule has 83 valence electrons. The lowest BCUT2D eigenvalue weighted by molar-refractivity contribution is 0.318. The van der Waals surface area contributed by atoms with Gasteiger partial charge in [0.2, 0.25) is 0 Å². The van der Waals surface area contributed by atoms with Crippen LogP contribution in [0.25, 0.3) is 0 Å². The van der Waals surface area contributed by atoms with Crippen LogP contribution in [0.2, 0.25) is 0 Å². The number of hydrogen-bond donors (Lipinski definition) is 4. The van der Waals surface area contributed by atoms with E-state index in [1.807, 2.05) is 0 Å². The van der Waals surface area contributed by atoms with Gasteiger partial charge in [0, 0.05) is 43.8 Å². The Balaban J connectivity index is -0.0000000213. The Morgan fingerprint density at radius 2 is 0.538 bits per heavy atom. The Morgan fingerprint density at radius 1 is 0.538 bits per heavy atom. The summed E-state index contributed by atoms with van der Waals surface area (Å²) in [5.74, 6) is 0. The molecule has 0 aliphatic heterocycles. The molecule has 3 radical (unpaired) electrons. The smallest absolute Gasteiger partial charge is 0.0402 e.